The molecule has 1 heterocycles. The maximum Gasteiger partial charge on any atom is 0.259 e. The Kier molecular flexibility index (Phi) is 5.46. The second-order valence-corrected chi connectivity index (χ2v) is 8.54. The van der Waals surface area contributed by atoms with Crippen LogP contribution in [-0.4, -0.2) is 44.7 Å². The molecule has 2 aromatic rings. The first-order valence-corrected chi connectivity index (χ1v) is 10.0. The lowest BCUT2D eigenvalue weighted by molar-refractivity contribution is 0.0715. The third kappa shape index (κ3) is 3.80. The molecule has 0 aromatic heterocycles. The average Bonchev–Trinajstić information content (AvgIpc) is 2.68. The zero-order chi connectivity index (χ0) is 19.6. The molecule has 0 radical (unpaired) electrons. The summed E-state index contributed by atoms with van der Waals surface area (Å²) in [6.45, 7) is 0.235. The molecule has 8 heteroatoms. The van der Waals surface area contributed by atoms with E-state index in [2.05, 4.69) is 0 Å². The van der Waals surface area contributed by atoms with Gasteiger partial charge >= 0.3 is 0 Å². The standard InChI is InChI=1S/C19H19F2NO4S/c1-26-13-5-7-14(8-6-13)27(24,25)15-9-11-22(12-10-15)19(23)18-16(20)3-2-4-17(18)21/h2-8,15H,9-12H2,1H3. The van der Waals surface area contributed by atoms with Crippen molar-refractivity contribution in [1.82, 2.24) is 4.90 Å². The molecule has 0 N–H and O–H groups in total. The monoisotopic (exact) mass is 395 g/mol. The molecule has 27 heavy (non-hydrogen) atoms. The number of nitrogens with zero attached hydrogens (tertiary/aromatic N) is 1. The van der Waals surface area contributed by atoms with Gasteiger partial charge in [0.25, 0.3) is 5.91 Å². The lowest BCUT2D eigenvalue weighted by Crippen LogP contribution is -2.43. The highest BCUT2D eigenvalue weighted by Crippen LogP contribution is 2.27. The number of benzene rings is 2. The molecule has 144 valence electrons. The van der Waals surface area contributed by atoms with E-state index in [1.165, 1.54) is 30.2 Å². The van der Waals surface area contributed by atoms with E-state index in [1.54, 1.807) is 12.1 Å². The van der Waals surface area contributed by atoms with Crippen LogP contribution in [0.4, 0.5) is 8.78 Å². The van der Waals surface area contributed by atoms with Crippen molar-refractivity contribution in [3.8, 4) is 5.75 Å². The van der Waals surface area contributed by atoms with Gasteiger partial charge in [-0.3, -0.25) is 4.79 Å². The number of rotatable bonds is 4. The van der Waals surface area contributed by atoms with Crippen LogP contribution >= 0.6 is 0 Å². The Bertz CT molecular complexity index is 916. The van der Waals surface area contributed by atoms with Crippen molar-refractivity contribution in [3.63, 3.8) is 0 Å². The van der Waals surface area contributed by atoms with Gasteiger partial charge < -0.3 is 9.64 Å². The van der Waals surface area contributed by atoms with Crippen LogP contribution in [0.15, 0.2) is 47.4 Å². The van der Waals surface area contributed by atoms with Crippen molar-refractivity contribution < 1.29 is 26.7 Å². The summed E-state index contributed by atoms with van der Waals surface area (Å²) in [5.74, 6) is -2.05. The van der Waals surface area contributed by atoms with E-state index < -0.39 is 38.2 Å². The van der Waals surface area contributed by atoms with E-state index in [9.17, 15) is 22.0 Å². The fourth-order valence-electron chi connectivity index (χ4n) is 3.19. The maximum absolute atomic E-state index is 13.8. The van der Waals surface area contributed by atoms with Crippen LogP contribution in [0.5, 0.6) is 5.75 Å². The van der Waals surface area contributed by atoms with Crippen molar-refractivity contribution in [2.24, 2.45) is 0 Å². The van der Waals surface area contributed by atoms with E-state index in [-0.39, 0.29) is 30.8 Å². The predicted octanol–water partition coefficient (Wildman–Crippen LogP) is 3.05. The Hall–Kier alpha value is -2.48. The van der Waals surface area contributed by atoms with E-state index >= 15 is 0 Å². The van der Waals surface area contributed by atoms with Gasteiger partial charge in [0, 0.05) is 13.1 Å². The van der Waals surface area contributed by atoms with Gasteiger partial charge in [0.2, 0.25) is 0 Å². The molecule has 0 unspecified atom stereocenters. The number of amides is 1. The van der Waals surface area contributed by atoms with Gasteiger partial charge in [-0.05, 0) is 49.2 Å². The molecule has 0 spiro atoms. The number of ether oxygens (including phenoxy) is 1. The van der Waals surface area contributed by atoms with Gasteiger partial charge in [-0.15, -0.1) is 0 Å². The summed E-state index contributed by atoms with van der Waals surface area (Å²) < 4.78 is 58.2. The Morgan fingerprint density at radius 1 is 1.04 bits per heavy atom. The normalized spacial score (nSPS) is 15.6. The third-order valence-corrected chi connectivity index (χ3v) is 7.01. The van der Waals surface area contributed by atoms with E-state index in [0.29, 0.717) is 5.75 Å². The molecule has 0 saturated carbocycles. The highest BCUT2D eigenvalue weighted by atomic mass is 32.2. The fraction of sp³-hybridized carbons (Fsp3) is 0.316. The second kappa shape index (κ2) is 7.64. The van der Waals surface area contributed by atoms with Crippen molar-refractivity contribution in [3.05, 3.63) is 59.7 Å². The molecule has 1 saturated heterocycles. The summed E-state index contributed by atoms with van der Waals surface area (Å²) in [5, 5.41) is -0.652. The second-order valence-electron chi connectivity index (χ2n) is 6.31. The number of carbonyl (C=O) groups is 1. The van der Waals surface area contributed by atoms with Crippen molar-refractivity contribution in [1.29, 1.82) is 0 Å². The van der Waals surface area contributed by atoms with E-state index in [1.807, 2.05) is 0 Å². The molecule has 2 aromatic carbocycles. The molecule has 0 bridgehead atoms. The van der Waals surface area contributed by atoms with Gasteiger partial charge in [0.05, 0.1) is 17.3 Å². The molecule has 1 aliphatic rings. The summed E-state index contributed by atoms with van der Waals surface area (Å²) in [5.41, 5.74) is -0.603. The van der Waals surface area contributed by atoms with Gasteiger partial charge in [0.15, 0.2) is 9.84 Å². The Balaban J connectivity index is 1.72. The summed E-state index contributed by atoms with van der Waals surface area (Å²) >= 11 is 0. The van der Waals surface area contributed by atoms with Crippen LogP contribution in [0, 0.1) is 11.6 Å². The number of hydrogen-bond acceptors (Lipinski definition) is 4. The number of likely N-dealkylation sites (tertiary alicyclic amines) is 1. The summed E-state index contributed by atoms with van der Waals surface area (Å²) in [7, 11) is -2.06. The number of sulfone groups is 1. The first-order chi connectivity index (χ1) is 12.8. The smallest absolute Gasteiger partial charge is 0.259 e. The minimum absolute atomic E-state index is 0.118. The SMILES string of the molecule is COc1ccc(S(=O)(=O)C2CCN(C(=O)c3c(F)cccc3F)CC2)cc1. The molecular formula is C19H19F2NO4S. The van der Waals surface area contributed by atoms with Gasteiger partial charge in [0.1, 0.15) is 22.9 Å². The van der Waals surface area contributed by atoms with Gasteiger partial charge in [-0.25, -0.2) is 17.2 Å². The highest BCUT2D eigenvalue weighted by molar-refractivity contribution is 7.92. The molecule has 1 fully saturated rings. The summed E-state index contributed by atoms with van der Waals surface area (Å²) in [6, 6.07) is 9.36. The third-order valence-electron chi connectivity index (χ3n) is 4.73. The first-order valence-electron chi connectivity index (χ1n) is 8.46. The molecular weight excluding hydrogens is 376 g/mol. The zero-order valence-electron chi connectivity index (χ0n) is 14.7. The van der Waals surface area contributed by atoms with Gasteiger partial charge in [-0.2, -0.15) is 0 Å². The molecule has 0 aliphatic carbocycles. The molecule has 3 rings (SSSR count). The summed E-state index contributed by atoms with van der Waals surface area (Å²) in [4.78, 5) is 13.9. The minimum atomic E-state index is -3.56. The number of piperidine rings is 1. The lowest BCUT2D eigenvalue weighted by atomic mass is 10.1. The molecule has 5 nitrogen and oxygen atoms in total. The summed E-state index contributed by atoms with van der Waals surface area (Å²) in [6.07, 6.45) is 0.409. The maximum atomic E-state index is 13.8. The van der Waals surface area contributed by atoms with Crippen LogP contribution in [-0.2, 0) is 9.84 Å². The molecule has 1 aliphatic heterocycles. The van der Waals surface area contributed by atoms with Crippen LogP contribution in [0.25, 0.3) is 0 Å². The van der Waals surface area contributed by atoms with Crippen molar-refractivity contribution >= 4 is 15.7 Å². The largest absolute Gasteiger partial charge is 0.497 e. The Morgan fingerprint density at radius 3 is 2.11 bits per heavy atom. The fourth-order valence-corrected chi connectivity index (χ4v) is 4.92. The number of hydrogen-bond donors (Lipinski definition) is 0. The highest BCUT2D eigenvalue weighted by Gasteiger charge is 2.34. The number of methoxy groups -OCH3 is 1. The van der Waals surface area contributed by atoms with Crippen LogP contribution in [0.1, 0.15) is 23.2 Å². The topological polar surface area (TPSA) is 63.7 Å². The van der Waals surface area contributed by atoms with Gasteiger partial charge in [-0.1, -0.05) is 6.07 Å². The number of halogens is 2. The lowest BCUT2D eigenvalue weighted by Gasteiger charge is -2.32. The van der Waals surface area contributed by atoms with Crippen molar-refractivity contribution in [2.45, 2.75) is 23.0 Å². The van der Waals surface area contributed by atoms with E-state index in [0.717, 1.165) is 12.1 Å². The Labute approximate surface area is 156 Å². The minimum Gasteiger partial charge on any atom is -0.497 e. The average molecular weight is 395 g/mol. The molecule has 0 atom stereocenters. The first kappa shape index (κ1) is 19.3. The van der Waals surface area contributed by atoms with Crippen molar-refractivity contribution in [2.75, 3.05) is 20.2 Å². The Morgan fingerprint density at radius 2 is 1.59 bits per heavy atom. The molecule has 1 amide bonds. The van der Waals surface area contributed by atoms with Crippen LogP contribution in [0.3, 0.4) is 0 Å². The van der Waals surface area contributed by atoms with E-state index in [4.69, 9.17) is 4.74 Å². The predicted molar refractivity (Wildman–Crippen MR) is 95.5 cm³/mol. The quantitative estimate of drug-likeness (QED) is 0.798. The zero-order valence-corrected chi connectivity index (χ0v) is 15.5. The number of carbonyl (C=O) groups excluding carboxylic acids is 1. The van der Waals surface area contributed by atoms with Crippen LogP contribution < -0.4 is 4.74 Å². The van der Waals surface area contributed by atoms with Crippen LogP contribution in [0.2, 0.25) is 0 Å².